The first-order valence-corrected chi connectivity index (χ1v) is 8.08. The van der Waals surface area contributed by atoms with E-state index in [2.05, 4.69) is 10.6 Å². The number of methoxy groups -OCH3 is 1. The van der Waals surface area contributed by atoms with Crippen molar-refractivity contribution < 1.29 is 14.3 Å². The Morgan fingerprint density at radius 1 is 1.08 bits per heavy atom. The summed E-state index contributed by atoms with van der Waals surface area (Å²) < 4.78 is 4.88. The van der Waals surface area contributed by atoms with Gasteiger partial charge in [0.05, 0.1) is 6.61 Å². The van der Waals surface area contributed by atoms with Crippen LogP contribution < -0.4 is 10.6 Å². The molecule has 130 valence electrons. The van der Waals surface area contributed by atoms with Gasteiger partial charge in [0.15, 0.2) is 0 Å². The van der Waals surface area contributed by atoms with Gasteiger partial charge in [0, 0.05) is 36.0 Å². The molecule has 2 aromatic rings. The molecule has 0 atom stereocenters. The Bertz CT molecular complexity index is 740. The summed E-state index contributed by atoms with van der Waals surface area (Å²) in [5.41, 5.74) is 2.01. The normalized spacial score (nSPS) is 10.6. The lowest BCUT2D eigenvalue weighted by atomic mass is 10.2. The van der Waals surface area contributed by atoms with Gasteiger partial charge in [0.1, 0.15) is 0 Å². The van der Waals surface area contributed by atoms with E-state index in [9.17, 15) is 9.59 Å². The standard InChI is InChI=1S/C19H19ClN2O3/c1-25-13-12-21-19(24)15-5-9-17(10-6-15)22-18(23)11-4-14-2-7-16(20)8-3-14/h2-11H,12-13H2,1H3,(H,21,24)(H,22,23)/b11-4+. The second kappa shape index (κ2) is 9.61. The molecule has 0 aliphatic carbocycles. The van der Waals surface area contributed by atoms with Crippen LogP contribution in [0.15, 0.2) is 54.6 Å². The minimum absolute atomic E-state index is 0.183. The quantitative estimate of drug-likeness (QED) is 0.589. The van der Waals surface area contributed by atoms with E-state index in [1.807, 2.05) is 12.1 Å². The third-order valence-electron chi connectivity index (χ3n) is 3.30. The molecule has 0 saturated heterocycles. The summed E-state index contributed by atoms with van der Waals surface area (Å²) in [5.74, 6) is -0.440. The molecule has 0 saturated carbocycles. The first kappa shape index (κ1) is 18.7. The fourth-order valence-electron chi connectivity index (χ4n) is 2.00. The van der Waals surface area contributed by atoms with Crippen LogP contribution in [-0.4, -0.2) is 32.1 Å². The molecule has 0 unspecified atom stereocenters. The van der Waals surface area contributed by atoms with E-state index >= 15 is 0 Å². The van der Waals surface area contributed by atoms with Crippen molar-refractivity contribution >= 4 is 35.2 Å². The van der Waals surface area contributed by atoms with Crippen molar-refractivity contribution in [2.75, 3.05) is 25.6 Å². The molecule has 2 aromatic carbocycles. The molecule has 0 spiro atoms. The van der Waals surface area contributed by atoms with Crippen LogP contribution in [0.1, 0.15) is 15.9 Å². The Balaban J connectivity index is 1.88. The highest BCUT2D eigenvalue weighted by Gasteiger charge is 2.05. The average molecular weight is 359 g/mol. The third kappa shape index (κ3) is 6.41. The number of ether oxygens (including phenoxy) is 1. The highest BCUT2D eigenvalue weighted by Crippen LogP contribution is 2.12. The molecule has 0 aromatic heterocycles. The van der Waals surface area contributed by atoms with Crippen LogP contribution in [0.4, 0.5) is 5.69 Å². The van der Waals surface area contributed by atoms with Crippen molar-refractivity contribution in [3.8, 4) is 0 Å². The van der Waals surface area contributed by atoms with E-state index in [0.29, 0.717) is 29.4 Å². The summed E-state index contributed by atoms with van der Waals surface area (Å²) in [6, 6.07) is 13.8. The maximum Gasteiger partial charge on any atom is 0.251 e. The van der Waals surface area contributed by atoms with E-state index < -0.39 is 0 Å². The predicted molar refractivity (Wildman–Crippen MR) is 99.8 cm³/mol. The third-order valence-corrected chi connectivity index (χ3v) is 3.56. The molecule has 2 rings (SSSR count). The molecular weight excluding hydrogens is 340 g/mol. The largest absolute Gasteiger partial charge is 0.383 e. The smallest absolute Gasteiger partial charge is 0.251 e. The monoisotopic (exact) mass is 358 g/mol. The fourth-order valence-corrected chi connectivity index (χ4v) is 2.13. The summed E-state index contributed by atoms with van der Waals surface area (Å²) in [4.78, 5) is 23.8. The highest BCUT2D eigenvalue weighted by atomic mass is 35.5. The molecule has 0 heterocycles. The molecule has 0 radical (unpaired) electrons. The molecule has 0 bridgehead atoms. The van der Waals surface area contributed by atoms with Gasteiger partial charge in [-0.25, -0.2) is 0 Å². The van der Waals surface area contributed by atoms with Gasteiger partial charge >= 0.3 is 0 Å². The van der Waals surface area contributed by atoms with E-state index in [1.165, 1.54) is 6.08 Å². The number of benzene rings is 2. The van der Waals surface area contributed by atoms with Crippen LogP contribution in [0.3, 0.4) is 0 Å². The van der Waals surface area contributed by atoms with E-state index in [4.69, 9.17) is 16.3 Å². The molecule has 2 N–H and O–H groups in total. The second-order valence-electron chi connectivity index (χ2n) is 5.20. The number of anilines is 1. The van der Waals surface area contributed by atoms with Gasteiger partial charge in [0.25, 0.3) is 5.91 Å². The van der Waals surface area contributed by atoms with E-state index in [1.54, 1.807) is 49.6 Å². The van der Waals surface area contributed by atoms with Gasteiger partial charge in [-0.3, -0.25) is 9.59 Å². The van der Waals surface area contributed by atoms with Crippen LogP contribution >= 0.6 is 11.6 Å². The Labute approximate surface area is 151 Å². The lowest BCUT2D eigenvalue weighted by molar-refractivity contribution is -0.111. The number of carbonyl (C=O) groups excluding carboxylic acids is 2. The Morgan fingerprint density at radius 2 is 1.76 bits per heavy atom. The minimum atomic E-state index is -0.257. The fraction of sp³-hybridized carbons (Fsp3) is 0.158. The lowest BCUT2D eigenvalue weighted by Crippen LogP contribution is -2.26. The van der Waals surface area contributed by atoms with Crippen molar-refractivity contribution in [1.29, 1.82) is 0 Å². The van der Waals surface area contributed by atoms with Crippen molar-refractivity contribution in [3.63, 3.8) is 0 Å². The predicted octanol–water partition coefficient (Wildman–Crippen LogP) is 3.37. The summed E-state index contributed by atoms with van der Waals surface area (Å²) in [7, 11) is 1.57. The first-order chi connectivity index (χ1) is 12.1. The average Bonchev–Trinajstić information content (AvgIpc) is 2.62. The maximum atomic E-state index is 11.9. The molecular formula is C19H19ClN2O3. The van der Waals surface area contributed by atoms with Crippen molar-refractivity contribution in [3.05, 3.63) is 70.8 Å². The molecule has 0 aliphatic rings. The van der Waals surface area contributed by atoms with Gasteiger partial charge in [-0.15, -0.1) is 0 Å². The van der Waals surface area contributed by atoms with E-state index in [-0.39, 0.29) is 11.8 Å². The van der Waals surface area contributed by atoms with Gasteiger partial charge in [-0.05, 0) is 48.0 Å². The molecule has 0 fully saturated rings. The Morgan fingerprint density at radius 3 is 2.40 bits per heavy atom. The first-order valence-electron chi connectivity index (χ1n) is 7.70. The highest BCUT2D eigenvalue weighted by molar-refractivity contribution is 6.30. The van der Waals surface area contributed by atoms with Crippen molar-refractivity contribution in [1.82, 2.24) is 5.32 Å². The number of carbonyl (C=O) groups is 2. The molecule has 6 heteroatoms. The number of hydrogen-bond donors (Lipinski definition) is 2. The zero-order chi connectivity index (χ0) is 18.1. The van der Waals surface area contributed by atoms with Gasteiger partial charge < -0.3 is 15.4 Å². The SMILES string of the molecule is COCCNC(=O)c1ccc(NC(=O)/C=C/c2ccc(Cl)cc2)cc1. The lowest BCUT2D eigenvalue weighted by Gasteiger charge is -2.06. The van der Waals surface area contributed by atoms with Crippen LogP contribution in [0, 0.1) is 0 Å². The molecule has 0 aliphatic heterocycles. The molecule has 5 nitrogen and oxygen atoms in total. The maximum absolute atomic E-state index is 11.9. The number of hydrogen-bond acceptors (Lipinski definition) is 3. The zero-order valence-corrected chi connectivity index (χ0v) is 14.5. The molecule has 2 amide bonds. The van der Waals surface area contributed by atoms with Crippen molar-refractivity contribution in [2.45, 2.75) is 0 Å². The summed E-state index contributed by atoms with van der Waals surface area (Å²) >= 11 is 5.81. The van der Waals surface area contributed by atoms with E-state index in [0.717, 1.165) is 5.56 Å². The van der Waals surface area contributed by atoms with Crippen LogP contribution in [0.5, 0.6) is 0 Å². The van der Waals surface area contributed by atoms with Crippen LogP contribution in [-0.2, 0) is 9.53 Å². The summed E-state index contributed by atoms with van der Waals surface area (Å²) in [6.07, 6.45) is 3.14. The van der Waals surface area contributed by atoms with Gasteiger partial charge in [-0.2, -0.15) is 0 Å². The van der Waals surface area contributed by atoms with Crippen molar-refractivity contribution in [2.24, 2.45) is 0 Å². The number of halogens is 1. The number of nitrogens with one attached hydrogen (secondary N) is 2. The van der Waals surface area contributed by atoms with Crippen LogP contribution in [0.2, 0.25) is 5.02 Å². The second-order valence-corrected chi connectivity index (χ2v) is 5.64. The van der Waals surface area contributed by atoms with Gasteiger partial charge in [-0.1, -0.05) is 23.7 Å². The topological polar surface area (TPSA) is 67.4 Å². The number of amides is 2. The number of rotatable bonds is 7. The molecule has 25 heavy (non-hydrogen) atoms. The summed E-state index contributed by atoms with van der Waals surface area (Å²) in [6.45, 7) is 0.906. The zero-order valence-electron chi connectivity index (χ0n) is 13.8. The summed E-state index contributed by atoms with van der Waals surface area (Å²) in [5, 5.41) is 6.12. The van der Waals surface area contributed by atoms with Gasteiger partial charge in [0.2, 0.25) is 5.91 Å². The van der Waals surface area contributed by atoms with Crippen LogP contribution in [0.25, 0.3) is 6.08 Å². The Hall–Kier alpha value is -2.63. The Kier molecular flexibility index (Phi) is 7.19. The minimum Gasteiger partial charge on any atom is -0.383 e.